The van der Waals surface area contributed by atoms with Gasteiger partial charge in [0, 0.05) is 0 Å². The predicted molar refractivity (Wildman–Crippen MR) is 51.1 cm³/mol. The van der Waals surface area contributed by atoms with Crippen molar-refractivity contribution in [2.45, 2.75) is 19.1 Å². The van der Waals surface area contributed by atoms with Crippen molar-refractivity contribution in [3.63, 3.8) is 0 Å². The zero-order valence-electron chi connectivity index (χ0n) is 8.38. The first-order chi connectivity index (χ1) is 7.23. The third kappa shape index (κ3) is 2.52. The fraction of sp³-hybridized carbons (Fsp3) is 0.300. The summed E-state index contributed by atoms with van der Waals surface area (Å²) in [7, 11) is 0. The van der Waals surface area contributed by atoms with E-state index in [1.165, 1.54) is 19.1 Å². The highest BCUT2D eigenvalue weighted by Crippen LogP contribution is 2.31. The Kier molecular flexibility index (Phi) is 3.23. The maximum absolute atomic E-state index is 12.3. The van der Waals surface area contributed by atoms with E-state index in [2.05, 4.69) is 0 Å². The van der Waals surface area contributed by atoms with Gasteiger partial charge in [-0.3, -0.25) is 0 Å². The number of carbonyl (C=O) groups is 1. The van der Waals surface area contributed by atoms with Crippen molar-refractivity contribution in [1.82, 2.24) is 0 Å². The average molecular weight is 233 g/mol. The van der Waals surface area contributed by atoms with Gasteiger partial charge in [-0.05, 0) is 24.1 Å². The van der Waals surface area contributed by atoms with Crippen LogP contribution in [0.2, 0.25) is 0 Å². The standard InChI is InChI=1S/C10H10F3NO2/c1-5-2-3-6(4-7(5)9(15)16)8(14)10(11,12)13/h2-4,8H,14H2,1H3,(H,15,16)/t8-/m1/s1. The van der Waals surface area contributed by atoms with Crippen LogP contribution in [0.25, 0.3) is 0 Å². The van der Waals surface area contributed by atoms with Gasteiger partial charge in [-0.15, -0.1) is 0 Å². The lowest BCUT2D eigenvalue weighted by Gasteiger charge is -2.16. The number of aryl methyl sites for hydroxylation is 1. The van der Waals surface area contributed by atoms with E-state index in [0.29, 0.717) is 5.56 Å². The van der Waals surface area contributed by atoms with Crippen LogP contribution in [0.1, 0.15) is 27.5 Å². The van der Waals surface area contributed by atoms with Crippen molar-refractivity contribution in [2.75, 3.05) is 0 Å². The molecule has 1 atom stereocenters. The highest BCUT2D eigenvalue weighted by molar-refractivity contribution is 5.89. The summed E-state index contributed by atoms with van der Waals surface area (Å²) in [6, 6.07) is 1.28. The number of nitrogens with two attached hydrogens (primary N) is 1. The Morgan fingerprint density at radius 3 is 2.44 bits per heavy atom. The Bertz CT molecular complexity index is 415. The summed E-state index contributed by atoms with van der Waals surface area (Å²) < 4.78 is 36.9. The minimum Gasteiger partial charge on any atom is -0.478 e. The molecule has 16 heavy (non-hydrogen) atoms. The van der Waals surface area contributed by atoms with Crippen LogP contribution < -0.4 is 5.73 Å². The van der Waals surface area contributed by atoms with Crippen LogP contribution in [-0.4, -0.2) is 17.3 Å². The van der Waals surface area contributed by atoms with Gasteiger partial charge in [0.25, 0.3) is 0 Å². The van der Waals surface area contributed by atoms with E-state index in [9.17, 15) is 18.0 Å². The number of hydrogen-bond donors (Lipinski definition) is 2. The fourth-order valence-corrected chi connectivity index (χ4v) is 1.25. The Hall–Kier alpha value is -1.56. The van der Waals surface area contributed by atoms with Crippen LogP contribution in [0.15, 0.2) is 18.2 Å². The van der Waals surface area contributed by atoms with E-state index in [1.54, 1.807) is 0 Å². The molecule has 0 saturated carbocycles. The van der Waals surface area contributed by atoms with E-state index >= 15 is 0 Å². The molecule has 0 saturated heterocycles. The molecule has 6 heteroatoms. The number of hydrogen-bond acceptors (Lipinski definition) is 2. The number of benzene rings is 1. The molecule has 0 fully saturated rings. The molecule has 1 aromatic rings. The molecule has 0 heterocycles. The third-order valence-electron chi connectivity index (χ3n) is 2.20. The van der Waals surface area contributed by atoms with Crippen LogP contribution in [-0.2, 0) is 0 Å². The maximum atomic E-state index is 12.3. The molecule has 1 aromatic carbocycles. The van der Waals surface area contributed by atoms with Gasteiger partial charge in [-0.25, -0.2) is 4.79 Å². The van der Waals surface area contributed by atoms with Gasteiger partial charge in [-0.2, -0.15) is 13.2 Å². The van der Waals surface area contributed by atoms with Crippen molar-refractivity contribution in [1.29, 1.82) is 0 Å². The molecule has 0 aliphatic carbocycles. The largest absolute Gasteiger partial charge is 0.478 e. The summed E-state index contributed by atoms with van der Waals surface area (Å²) >= 11 is 0. The highest BCUT2D eigenvalue weighted by Gasteiger charge is 2.38. The van der Waals surface area contributed by atoms with Crippen LogP contribution >= 0.6 is 0 Å². The molecule has 0 amide bonds. The quantitative estimate of drug-likeness (QED) is 0.823. The van der Waals surface area contributed by atoms with Crippen molar-refractivity contribution in [3.8, 4) is 0 Å². The van der Waals surface area contributed by atoms with E-state index in [1.807, 2.05) is 0 Å². The summed E-state index contributed by atoms with van der Waals surface area (Å²) in [6.07, 6.45) is -4.58. The second-order valence-electron chi connectivity index (χ2n) is 3.40. The first kappa shape index (κ1) is 12.5. The zero-order chi connectivity index (χ0) is 12.5. The van der Waals surface area contributed by atoms with Crippen molar-refractivity contribution in [3.05, 3.63) is 34.9 Å². The second kappa shape index (κ2) is 4.13. The number of rotatable bonds is 2. The SMILES string of the molecule is Cc1ccc([C@@H](N)C(F)(F)F)cc1C(=O)O. The Balaban J connectivity index is 3.18. The van der Waals surface area contributed by atoms with Crippen molar-refractivity contribution >= 4 is 5.97 Å². The third-order valence-corrected chi connectivity index (χ3v) is 2.20. The topological polar surface area (TPSA) is 63.3 Å². The molecule has 88 valence electrons. The number of aromatic carboxylic acids is 1. The highest BCUT2D eigenvalue weighted by atomic mass is 19.4. The summed E-state index contributed by atoms with van der Waals surface area (Å²) in [5, 5.41) is 8.75. The minimum absolute atomic E-state index is 0.169. The van der Waals surface area contributed by atoms with Crippen molar-refractivity contribution < 1.29 is 23.1 Å². The summed E-state index contributed by atoms with van der Waals surface area (Å²) in [4.78, 5) is 10.7. The number of carboxylic acid groups (broad SMARTS) is 1. The lowest BCUT2D eigenvalue weighted by atomic mass is 10.0. The molecular weight excluding hydrogens is 223 g/mol. The molecule has 0 unspecified atom stereocenters. The fourth-order valence-electron chi connectivity index (χ4n) is 1.25. The zero-order valence-corrected chi connectivity index (χ0v) is 8.38. The molecule has 0 radical (unpaired) electrons. The predicted octanol–water partition coefficient (Wildman–Crippen LogP) is 2.26. The van der Waals surface area contributed by atoms with Gasteiger partial charge in [0.15, 0.2) is 0 Å². The average Bonchev–Trinajstić information content (AvgIpc) is 2.15. The van der Waals surface area contributed by atoms with Gasteiger partial charge in [-0.1, -0.05) is 12.1 Å². The molecule has 0 spiro atoms. The van der Waals surface area contributed by atoms with E-state index in [4.69, 9.17) is 10.8 Å². The smallest absolute Gasteiger partial charge is 0.407 e. The monoisotopic (exact) mass is 233 g/mol. The minimum atomic E-state index is -4.58. The van der Waals surface area contributed by atoms with Crippen LogP contribution in [0.3, 0.4) is 0 Å². The first-order valence-corrected chi connectivity index (χ1v) is 4.39. The Morgan fingerprint density at radius 2 is 2.00 bits per heavy atom. The van der Waals surface area contributed by atoms with Crippen LogP contribution in [0, 0.1) is 6.92 Å². The molecule has 3 N–H and O–H groups in total. The van der Waals surface area contributed by atoms with Gasteiger partial charge in [0.1, 0.15) is 6.04 Å². The van der Waals surface area contributed by atoms with Gasteiger partial charge in [0.2, 0.25) is 0 Å². The van der Waals surface area contributed by atoms with Crippen LogP contribution in [0.5, 0.6) is 0 Å². The summed E-state index contributed by atoms with van der Waals surface area (Å²) in [5.74, 6) is -1.27. The van der Waals surface area contributed by atoms with E-state index < -0.39 is 18.2 Å². The molecule has 0 aliphatic heterocycles. The summed E-state index contributed by atoms with van der Waals surface area (Å²) in [5.41, 5.74) is 4.94. The van der Waals surface area contributed by atoms with Crippen molar-refractivity contribution in [2.24, 2.45) is 5.73 Å². The lowest BCUT2D eigenvalue weighted by molar-refractivity contribution is -0.149. The molecule has 0 bridgehead atoms. The summed E-state index contributed by atoms with van der Waals surface area (Å²) in [6.45, 7) is 1.51. The number of halogens is 3. The lowest BCUT2D eigenvalue weighted by Crippen LogP contribution is -2.28. The van der Waals surface area contributed by atoms with Gasteiger partial charge in [0.05, 0.1) is 5.56 Å². The normalized spacial score (nSPS) is 13.6. The van der Waals surface area contributed by atoms with E-state index in [0.717, 1.165) is 6.07 Å². The molecular formula is C10H10F3NO2. The first-order valence-electron chi connectivity index (χ1n) is 4.39. The van der Waals surface area contributed by atoms with Gasteiger partial charge >= 0.3 is 12.1 Å². The second-order valence-corrected chi connectivity index (χ2v) is 3.40. The molecule has 3 nitrogen and oxygen atoms in total. The Labute approximate surface area is 89.7 Å². The number of carboxylic acids is 1. The van der Waals surface area contributed by atoms with Crippen LogP contribution in [0.4, 0.5) is 13.2 Å². The Morgan fingerprint density at radius 1 is 1.44 bits per heavy atom. The maximum Gasteiger partial charge on any atom is 0.407 e. The van der Waals surface area contributed by atoms with E-state index in [-0.39, 0.29) is 11.1 Å². The molecule has 1 rings (SSSR count). The molecule has 0 aliphatic rings. The molecule has 0 aromatic heterocycles. The van der Waals surface area contributed by atoms with Gasteiger partial charge < -0.3 is 10.8 Å². The number of alkyl halides is 3.